The second-order valence-corrected chi connectivity index (χ2v) is 4.83. The van der Waals surface area contributed by atoms with Crippen molar-refractivity contribution in [2.45, 2.75) is 20.8 Å². The second-order valence-electron chi connectivity index (χ2n) is 4.83. The Morgan fingerprint density at radius 3 is 2.50 bits per heavy atom. The molecule has 0 saturated heterocycles. The van der Waals surface area contributed by atoms with Gasteiger partial charge in [0.05, 0.1) is 11.0 Å². The predicted molar refractivity (Wildman–Crippen MR) is 63.0 cm³/mol. The zero-order valence-corrected chi connectivity index (χ0v) is 10.4. The molecule has 0 aliphatic carbocycles. The molecular weight excluding hydrogens is 241 g/mol. The minimum Gasteiger partial charge on any atom is -0.483 e. The van der Waals surface area contributed by atoms with Crippen LogP contribution in [0, 0.1) is 21.3 Å². The molecule has 0 fully saturated rings. The van der Waals surface area contributed by atoms with Gasteiger partial charge in [0.2, 0.25) is 0 Å². The average molecular weight is 255 g/mol. The Morgan fingerprint density at radius 2 is 2.06 bits per heavy atom. The number of halogens is 1. The summed E-state index contributed by atoms with van der Waals surface area (Å²) in [4.78, 5) is 21.3. The summed E-state index contributed by atoms with van der Waals surface area (Å²) >= 11 is 0. The van der Waals surface area contributed by atoms with Crippen LogP contribution in [0.3, 0.4) is 0 Å². The van der Waals surface area contributed by atoms with E-state index in [2.05, 4.69) is 0 Å². The molecule has 0 aliphatic rings. The van der Waals surface area contributed by atoms with Crippen molar-refractivity contribution in [1.29, 1.82) is 0 Å². The number of non-ortho nitro benzene ring substituents is 1. The number of nitrogens with zero attached hydrogens (tertiary/aromatic N) is 1. The van der Waals surface area contributed by atoms with Crippen molar-refractivity contribution in [3.05, 3.63) is 34.1 Å². The zero-order valence-electron chi connectivity index (χ0n) is 10.4. The van der Waals surface area contributed by atoms with Gasteiger partial charge in [-0.05, 0) is 6.07 Å². The van der Waals surface area contributed by atoms with Gasteiger partial charge in [0.15, 0.2) is 17.3 Å². The van der Waals surface area contributed by atoms with Crippen molar-refractivity contribution >= 4 is 11.5 Å². The van der Waals surface area contributed by atoms with Crippen LogP contribution in [0.5, 0.6) is 5.75 Å². The highest BCUT2D eigenvalue weighted by atomic mass is 19.1. The van der Waals surface area contributed by atoms with Crippen molar-refractivity contribution in [3.8, 4) is 5.75 Å². The number of hydrogen-bond acceptors (Lipinski definition) is 4. The summed E-state index contributed by atoms with van der Waals surface area (Å²) in [5, 5.41) is 10.4. The van der Waals surface area contributed by atoms with Gasteiger partial charge in [-0.2, -0.15) is 0 Å². The number of rotatable bonds is 4. The normalized spacial score (nSPS) is 11.1. The lowest BCUT2D eigenvalue weighted by Crippen LogP contribution is -2.26. The fraction of sp³-hybridized carbons (Fsp3) is 0.417. The van der Waals surface area contributed by atoms with Gasteiger partial charge in [0.1, 0.15) is 6.61 Å². The third-order valence-corrected chi connectivity index (χ3v) is 2.32. The number of hydrogen-bond donors (Lipinski definition) is 0. The molecule has 0 bridgehead atoms. The van der Waals surface area contributed by atoms with E-state index in [0.717, 1.165) is 18.2 Å². The molecule has 6 heteroatoms. The van der Waals surface area contributed by atoms with Gasteiger partial charge >= 0.3 is 0 Å². The van der Waals surface area contributed by atoms with Gasteiger partial charge in [-0.1, -0.05) is 20.8 Å². The maximum Gasteiger partial charge on any atom is 0.272 e. The van der Waals surface area contributed by atoms with Gasteiger partial charge < -0.3 is 4.74 Å². The molecule has 5 nitrogen and oxygen atoms in total. The van der Waals surface area contributed by atoms with Crippen LogP contribution in [0.4, 0.5) is 10.1 Å². The van der Waals surface area contributed by atoms with Crippen LogP contribution in [0.1, 0.15) is 20.8 Å². The van der Waals surface area contributed by atoms with Crippen LogP contribution in [-0.4, -0.2) is 17.3 Å². The molecule has 1 aromatic carbocycles. The molecule has 1 aromatic rings. The van der Waals surface area contributed by atoms with Crippen LogP contribution in [0.25, 0.3) is 0 Å². The van der Waals surface area contributed by atoms with E-state index < -0.39 is 16.2 Å². The van der Waals surface area contributed by atoms with E-state index in [1.807, 2.05) is 0 Å². The Bertz CT molecular complexity index is 479. The first-order valence-corrected chi connectivity index (χ1v) is 5.32. The molecule has 98 valence electrons. The topological polar surface area (TPSA) is 69.4 Å². The third kappa shape index (κ3) is 3.51. The van der Waals surface area contributed by atoms with E-state index >= 15 is 0 Å². The van der Waals surface area contributed by atoms with Crippen LogP contribution in [-0.2, 0) is 4.79 Å². The van der Waals surface area contributed by atoms with Crippen molar-refractivity contribution < 1.29 is 18.8 Å². The predicted octanol–water partition coefficient (Wildman–Crippen LogP) is 2.73. The highest BCUT2D eigenvalue weighted by Crippen LogP contribution is 2.23. The largest absolute Gasteiger partial charge is 0.483 e. The minimum absolute atomic E-state index is 0.168. The van der Waals surface area contributed by atoms with E-state index in [-0.39, 0.29) is 23.8 Å². The molecule has 0 saturated carbocycles. The molecule has 0 aliphatic heterocycles. The number of nitro groups is 1. The van der Waals surface area contributed by atoms with Crippen molar-refractivity contribution in [1.82, 2.24) is 0 Å². The molecular formula is C12H14FNO4. The Hall–Kier alpha value is -1.98. The van der Waals surface area contributed by atoms with E-state index in [9.17, 15) is 19.3 Å². The first-order chi connectivity index (χ1) is 8.21. The Morgan fingerprint density at radius 1 is 1.44 bits per heavy atom. The number of ketones is 1. The monoisotopic (exact) mass is 255 g/mol. The summed E-state index contributed by atoms with van der Waals surface area (Å²) in [7, 11) is 0. The van der Waals surface area contributed by atoms with E-state index in [4.69, 9.17) is 4.74 Å². The summed E-state index contributed by atoms with van der Waals surface area (Å²) in [5.74, 6) is -1.20. The molecule has 0 radical (unpaired) electrons. The van der Waals surface area contributed by atoms with Gasteiger partial charge in [-0.3, -0.25) is 14.9 Å². The Balaban J connectivity index is 2.75. The van der Waals surface area contributed by atoms with Crippen molar-refractivity contribution in [2.75, 3.05) is 6.61 Å². The number of carbonyl (C=O) groups is 1. The van der Waals surface area contributed by atoms with E-state index in [1.54, 1.807) is 20.8 Å². The molecule has 0 amide bonds. The van der Waals surface area contributed by atoms with Crippen molar-refractivity contribution in [3.63, 3.8) is 0 Å². The van der Waals surface area contributed by atoms with Gasteiger partial charge in [0, 0.05) is 11.5 Å². The molecule has 18 heavy (non-hydrogen) atoms. The standard InChI is InChI=1S/C12H14FNO4/c1-12(2,3)11(15)7-18-10-5-4-8(14(16)17)6-9(10)13/h4-6H,7H2,1-3H3. The Kier molecular flexibility index (Phi) is 4.00. The number of benzene rings is 1. The van der Waals surface area contributed by atoms with Gasteiger partial charge in [-0.15, -0.1) is 0 Å². The fourth-order valence-electron chi connectivity index (χ4n) is 1.08. The summed E-state index contributed by atoms with van der Waals surface area (Å²) < 4.78 is 18.4. The number of Topliss-reactive ketones (excluding diaryl/α,β-unsaturated/α-hetero) is 1. The summed E-state index contributed by atoms with van der Waals surface area (Å²) in [6, 6.07) is 3.03. The molecule has 0 unspecified atom stereocenters. The first kappa shape index (κ1) is 14.1. The number of nitro benzene ring substituents is 1. The summed E-state index contributed by atoms with van der Waals surface area (Å²) in [6.07, 6.45) is 0. The van der Waals surface area contributed by atoms with Gasteiger partial charge in [0.25, 0.3) is 5.69 Å². The summed E-state index contributed by atoms with van der Waals surface area (Å²) in [5.41, 5.74) is -0.931. The second kappa shape index (κ2) is 5.12. The van der Waals surface area contributed by atoms with Crippen molar-refractivity contribution in [2.24, 2.45) is 5.41 Å². The smallest absolute Gasteiger partial charge is 0.272 e. The van der Waals surface area contributed by atoms with Crippen LogP contribution >= 0.6 is 0 Å². The van der Waals surface area contributed by atoms with E-state index in [1.165, 1.54) is 0 Å². The lowest BCUT2D eigenvalue weighted by Gasteiger charge is -2.16. The SMILES string of the molecule is CC(C)(C)C(=O)COc1ccc([N+](=O)[O-])cc1F. The van der Waals surface area contributed by atoms with Crippen LogP contribution in [0.15, 0.2) is 18.2 Å². The van der Waals surface area contributed by atoms with Crippen LogP contribution in [0.2, 0.25) is 0 Å². The lowest BCUT2D eigenvalue weighted by atomic mass is 9.91. The molecule has 0 aromatic heterocycles. The third-order valence-electron chi connectivity index (χ3n) is 2.32. The Labute approximate surface area is 104 Å². The highest BCUT2D eigenvalue weighted by Gasteiger charge is 2.22. The zero-order chi connectivity index (χ0) is 13.9. The molecule has 0 N–H and O–H groups in total. The minimum atomic E-state index is -0.856. The summed E-state index contributed by atoms with van der Waals surface area (Å²) in [6.45, 7) is 4.92. The molecule has 0 heterocycles. The molecule has 0 spiro atoms. The van der Waals surface area contributed by atoms with Gasteiger partial charge in [-0.25, -0.2) is 4.39 Å². The number of ether oxygens (including phenoxy) is 1. The maximum absolute atomic E-state index is 13.4. The average Bonchev–Trinajstić information content (AvgIpc) is 2.25. The number of carbonyl (C=O) groups excluding carboxylic acids is 1. The maximum atomic E-state index is 13.4. The first-order valence-electron chi connectivity index (χ1n) is 5.32. The highest BCUT2D eigenvalue weighted by molar-refractivity contribution is 5.85. The van der Waals surface area contributed by atoms with Crippen LogP contribution < -0.4 is 4.74 Å². The molecule has 0 atom stereocenters. The quantitative estimate of drug-likeness (QED) is 0.612. The van der Waals surface area contributed by atoms with E-state index in [0.29, 0.717) is 0 Å². The lowest BCUT2D eigenvalue weighted by molar-refractivity contribution is -0.385. The fourth-order valence-corrected chi connectivity index (χ4v) is 1.08. The molecule has 1 rings (SSSR count).